The van der Waals surface area contributed by atoms with Crippen LogP contribution in [0.2, 0.25) is 5.02 Å². The lowest BCUT2D eigenvalue weighted by atomic mass is 10.2. The number of halogens is 1. The molecule has 0 radical (unpaired) electrons. The molecule has 1 amide bonds. The van der Waals surface area contributed by atoms with Crippen LogP contribution in [0.3, 0.4) is 0 Å². The fourth-order valence-electron chi connectivity index (χ4n) is 3.35. The minimum atomic E-state index is -3.39. The summed E-state index contributed by atoms with van der Waals surface area (Å²) < 4.78 is 34.4. The Kier molecular flexibility index (Phi) is 6.16. The first-order chi connectivity index (χ1) is 15.3. The minimum Gasteiger partial charge on any atom is -0.450 e. The zero-order chi connectivity index (χ0) is 22.7. The van der Waals surface area contributed by atoms with Crippen molar-refractivity contribution in [3.63, 3.8) is 0 Å². The summed E-state index contributed by atoms with van der Waals surface area (Å²) in [6.45, 7) is -0.583. The van der Waals surface area contributed by atoms with Gasteiger partial charge in [0, 0.05) is 16.7 Å². The fraction of sp³-hybridized carbons (Fsp3) is 0.130. The van der Waals surface area contributed by atoms with Crippen molar-refractivity contribution < 1.29 is 27.2 Å². The van der Waals surface area contributed by atoms with Crippen molar-refractivity contribution >= 4 is 39.0 Å². The Morgan fingerprint density at radius 2 is 1.75 bits per heavy atom. The molecule has 2 aromatic carbocycles. The zero-order valence-corrected chi connectivity index (χ0v) is 18.3. The second kappa shape index (κ2) is 9.02. The van der Waals surface area contributed by atoms with E-state index in [-0.39, 0.29) is 11.5 Å². The number of benzene rings is 2. The van der Waals surface area contributed by atoms with Gasteiger partial charge in [-0.05, 0) is 42.5 Å². The van der Waals surface area contributed by atoms with Crippen molar-refractivity contribution in [2.24, 2.45) is 0 Å². The van der Waals surface area contributed by atoms with Crippen LogP contribution in [-0.2, 0) is 19.4 Å². The fourth-order valence-corrected chi connectivity index (χ4v) is 4.85. The number of hydrogen-bond donors (Lipinski definition) is 0. The highest BCUT2D eigenvalue weighted by atomic mass is 35.5. The largest absolute Gasteiger partial charge is 0.450 e. The van der Waals surface area contributed by atoms with Gasteiger partial charge in [-0.1, -0.05) is 41.9 Å². The molecule has 0 aliphatic carbocycles. The summed E-state index contributed by atoms with van der Waals surface area (Å²) in [6, 6.07) is 18.0. The topological polar surface area (TPSA) is 93.9 Å². The quantitative estimate of drug-likeness (QED) is 0.502. The lowest BCUT2D eigenvalue weighted by molar-refractivity contribution is -0.121. The Morgan fingerprint density at radius 3 is 2.44 bits per heavy atom. The van der Waals surface area contributed by atoms with Crippen LogP contribution < -0.4 is 4.90 Å². The molecule has 0 bridgehead atoms. The van der Waals surface area contributed by atoms with E-state index < -0.39 is 34.4 Å². The summed E-state index contributed by atoms with van der Waals surface area (Å²) in [6.07, 6.45) is 1.45. The molecule has 0 spiro atoms. The highest BCUT2D eigenvalue weighted by Crippen LogP contribution is 2.29. The highest BCUT2D eigenvalue weighted by Gasteiger charge is 2.32. The molecule has 0 saturated heterocycles. The standard InChI is InChI=1S/C23H18ClNO6S/c24-19-9-5-4-8-18(19)20-10-11-21(31-20)23(27)30-14-22(26)25(16-6-2-1-3-7-16)17-12-13-32(28,29)15-17/h1-13,17H,14-15H2. The molecule has 1 aliphatic rings. The lowest BCUT2D eigenvalue weighted by Gasteiger charge is -2.27. The summed E-state index contributed by atoms with van der Waals surface area (Å²) in [5.41, 5.74) is 1.12. The number of carbonyl (C=O) groups is 2. The lowest BCUT2D eigenvalue weighted by Crippen LogP contribution is -2.43. The van der Waals surface area contributed by atoms with E-state index in [1.54, 1.807) is 60.7 Å². The van der Waals surface area contributed by atoms with E-state index in [4.69, 9.17) is 20.8 Å². The smallest absolute Gasteiger partial charge is 0.374 e. The number of rotatable bonds is 6. The van der Waals surface area contributed by atoms with Crippen LogP contribution >= 0.6 is 11.6 Å². The van der Waals surface area contributed by atoms with Gasteiger partial charge >= 0.3 is 5.97 Å². The summed E-state index contributed by atoms with van der Waals surface area (Å²) in [5, 5.41) is 1.56. The molecule has 9 heteroatoms. The summed E-state index contributed by atoms with van der Waals surface area (Å²) in [7, 11) is -3.39. The zero-order valence-electron chi connectivity index (χ0n) is 16.7. The van der Waals surface area contributed by atoms with Gasteiger partial charge in [-0.3, -0.25) is 4.79 Å². The summed E-state index contributed by atoms with van der Waals surface area (Å²) in [4.78, 5) is 26.7. The summed E-state index contributed by atoms with van der Waals surface area (Å²) in [5.74, 6) is -1.31. The molecule has 1 unspecified atom stereocenters. The first-order valence-electron chi connectivity index (χ1n) is 9.64. The van der Waals surface area contributed by atoms with Crippen molar-refractivity contribution in [3.05, 3.63) is 89.0 Å². The third-order valence-corrected chi connectivity index (χ3v) is 6.53. The second-order valence-corrected chi connectivity index (χ2v) is 9.38. The molecular formula is C23H18ClNO6S. The summed E-state index contributed by atoms with van der Waals surface area (Å²) >= 11 is 6.15. The molecule has 3 aromatic rings. The number of anilines is 1. The van der Waals surface area contributed by atoms with Crippen LogP contribution in [0.5, 0.6) is 0 Å². The first kappa shape index (κ1) is 21.9. The Bertz CT molecular complexity index is 1280. The molecule has 4 rings (SSSR count). The second-order valence-electron chi connectivity index (χ2n) is 7.04. The number of carbonyl (C=O) groups excluding carboxylic acids is 2. The van der Waals surface area contributed by atoms with Crippen LogP contribution in [-0.4, -0.2) is 38.7 Å². The molecule has 2 heterocycles. The number of furan rings is 1. The number of esters is 1. The molecule has 1 aromatic heterocycles. The molecule has 1 aliphatic heterocycles. The maximum Gasteiger partial charge on any atom is 0.374 e. The van der Waals surface area contributed by atoms with Gasteiger partial charge in [-0.25, -0.2) is 13.2 Å². The molecule has 0 N–H and O–H groups in total. The minimum absolute atomic E-state index is 0.0812. The van der Waals surface area contributed by atoms with Crippen LogP contribution in [0.15, 0.2) is 82.6 Å². The Labute approximate surface area is 189 Å². The van der Waals surface area contributed by atoms with E-state index >= 15 is 0 Å². The van der Waals surface area contributed by atoms with E-state index in [2.05, 4.69) is 0 Å². The number of ether oxygens (including phenoxy) is 1. The molecule has 1 atom stereocenters. The number of para-hydroxylation sites is 1. The SMILES string of the molecule is O=C(OCC(=O)N(c1ccccc1)C1C=CS(=O)(=O)C1)c1ccc(-c2ccccc2Cl)o1. The van der Waals surface area contributed by atoms with E-state index in [0.29, 0.717) is 22.0 Å². The first-order valence-corrected chi connectivity index (χ1v) is 11.7. The highest BCUT2D eigenvalue weighted by molar-refractivity contribution is 7.94. The Morgan fingerprint density at radius 1 is 1.03 bits per heavy atom. The molecule has 32 heavy (non-hydrogen) atoms. The number of nitrogens with zero attached hydrogens (tertiary/aromatic N) is 1. The predicted octanol–water partition coefficient (Wildman–Crippen LogP) is 4.10. The third kappa shape index (κ3) is 4.76. The Hall–Kier alpha value is -3.36. The van der Waals surface area contributed by atoms with Gasteiger partial charge in [0.2, 0.25) is 5.76 Å². The Balaban J connectivity index is 1.47. The van der Waals surface area contributed by atoms with Crippen molar-refractivity contribution in [2.75, 3.05) is 17.3 Å². The van der Waals surface area contributed by atoms with Gasteiger partial charge in [0.15, 0.2) is 16.4 Å². The van der Waals surface area contributed by atoms with Crippen LogP contribution in [0.4, 0.5) is 5.69 Å². The number of amides is 1. The van der Waals surface area contributed by atoms with Crippen LogP contribution in [0.25, 0.3) is 11.3 Å². The van der Waals surface area contributed by atoms with E-state index in [0.717, 1.165) is 5.41 Å². The van der Waals surface area contributed by atoms with Crippen LogP contribution in [0.1, 0.15) is 10.6 Å². The molecule has 0 fully saturated rings. The van der Waals surface area contributed by atoms with E-state index in [1.807, 2.05) is 0 Å². The average molecular weight is 472 g/mol. The maximum atomic E-state index is 12.9. The monoisotopic (exact) mass is 471 g/mol. The maximum absolute atomic E-state index is 12.9. The van der Waals surface area contributed by atoms with Gasteiger partial charge in [0.05, 0.1) is 16.8 Å². The van der Waals surface area contributed by atoms with Gasteiger partial charge in [-0.15, -0.1) is 0 Å². The normalized spacial score (nSPS) is 16.6. The van der Waals surface area contributed by atoms with Gasteiger partial charge in [0.25, 0.3) is 5.91 Å². The van der Waals surface area contributed by atoms with Crippen molar-refractivity contribution in [1.29, 1.82) is 0 Å². The molecular weight excluding hydrogens is 454 g/mol. The average Bonchev–Trinajstić information content (AvgIpc) is 3.40. The van der Waals surface area contributed by atoms with Crippen molar-refractivity contribution in [1.82, 2.24) is 0 Å². The third-order valence-electron chi connectivity index (χ3n) is 4.82. The van der Waals surface area contributed by atoms with Crippen molar-refractivity contribution in [3.8, 4) is 11.3 Å². The molecule has 164 valence electrons. The molecule has 0 saturated carbocycles. The van der Waals surface area contributed by atoms with E-state index in [1.165, 1.54) is 17.0 Å². The van der Waals surface area contributed by atoms with Gasteiger partial charge in [0.1, 0.15) is 5.76 Å². The number of sulfone groups is 1. The van der Waals surface area contributed by atoms with E-state index in [9.17, 15) is 18.0 Å². The molecule has 7 nitrogen and oxygen atoms in total. The predicted molar refractivity (Wildman–Crippen MR) is 120 cm³/mol. The van der Waals surface area contributed by atoms with Crippen molar-refractivity contribution in [2.45, 2.75) is 6.04 Å². The van der Waals surface area contributed by atoms with Gasteiger partial charge < -0.3 is 14.1 Å². The number of hydrogen-bond acceptors (Lipinski definition) is 6. The van der Waals surface area contributed by atoms with Gasteiger partial charge in [-0.2, -0.15) is 0 Å². The van der Waals surface area contributed by atoms with Crippen LogP contribution in [0, 0.1) is 0 Å².